The van der Waals surface area contributed by atoms with Gasteiger partial charge in [-0.25, -0.2) is 13.2 Å². The third-order valence-electron chi connectivity index (χ3n) is 5.09. The number of carbonyl (C=O) groups excluding carboxylic acids is 1. The summed E-state index contributed by atoms with van der Waals surface area (Å²) in [4.78, 5) is 12.3. The van der Waals surface area contributed by atoms with Gasteiger partial charge in [-0.1, -0.05) is 29.8 Å². The van der Waals surface area contributed by atoms with Crippen molar-refractivity contribution in [2.24, 2.45) is 0 Å². The Balaban J connectivity index is 1.75. The molecular weight excluding hydrogens is 390 g/mol. The van der Waals surface area contributed by atoms with Crippen LogP contribution in [0.25, 0.3) is 0 Å². The predicted molar refractivity (Wildman–Crippen MR) is 99.5 cm³/mol. The lowest BCUT2D eigenvalue weighted by molar-refractivity contribution is -0.0345. The summed E-state index contributed by atoms with van der Waals surface area (Å²) >= 11 is 6.02. The number of piperidine rings is 1. The maximum absolute atomic E-state index is 13.3. The third kappa shape index (κ3) is 2.90. The van der Waals surface area contributed by atoms with Crippen LogP contribution in [0.5, 0.6) is 5.75 Å². The first-order valence-electron chi connectivity index (χ1n) is 8.54. The Labute approximate surface area is 162 Å². The van der Waals surface area contributed by atoms with Crippen LogP contribution >= 0.6 is 11.6 Å². The predicted octanol–water partition coefficient (Wildman–Crippen LogP) is 3.20. The summed E-state index contributed by atoms with van der Waals surface area (Å²) in [6.07, 6.45) is 1.15. The van der Waals surface area contributed by atoms with E-state index in [0.29, 0.717) is 30.0 Å². The number of esters is 1. The molecule has 0 N–H and O–H groups in total. The standard InChI is InChI=1S/C19H18ClNO5S/c1-25-16-8-7-13(20)11-17(16)27(23,24)21-10-4-9-19(12-21)15-6-3-2-5-14(15)18(22)26-19/h2-3,5-8,11H,4,9-10,12H2,1H3. The molecule has 8 heteroatoms. The first kappa shape index (κ1) is 18.3. The SMILES string of the molecule is COc1ccc(Cl)cc1S(=O)(=O)N1CCCC2(C1)OC(=O)c1ccccc12. The van der Waals surface area contributed by atoms with Crippen molar-refractivity contribution in [3.8, 4) is 5.75 Å². The highest BCUT2D eigenvalue weighted by molar-refractivity contribution is 7.89. The topological polar surface area (TPSA) is 72.9 Å². The lowest BCUT2D eigenvalue weighted by atomic mass is 9.86. The molecule has 1 spiro atoms. The van der Waals surface area contributed by atoms with E-state index in [1.54, 1.807) is 18.2 Å². The fourth-order valence-corrected chi connectivity index (χ4v) is 5.77. The third-order valence-corrected chi connectivity index (χ3v) is 7.19. The number of benzene rings is 2. The first-order chi connectivity index (χ1) is 12.9. The van der Waals surface area contributed by atoms with Crippen molar-refractivity contribution >= 4 is 27.6 Å². The molecule has 1 atom stereocenters. The number of halogens is 1. The molecule has 142 valence electrons. The highest BCUT2D eigenvalue weighted by Crippen LogP contribution is 2.44. The Bertz CT molecular complexity index is 1020. The number of rotatable bonds is 3. The van der Waals surface area contributed by atoms with Gasteiger partial charge in [0.1, 0.15) is 10.6 Å². The summed E-state index contributed by atoms with van der Waals surface area (Å²) < 4.78 is 38.9. The minimum absolute atomic E-state index is 0.00663. The number of nitrogens with zero attached hydrogens (tertiary/aromatic N) is 1. The smallest absolute Gasteiger partial charge is 0.339 e. The molecule has 2 heterocycles. The van der Waals surface area contributed by atoms with Gasteiger partial charge in [0.15, 0.2) is 5.60 Å². The van der Waals surface area contributed by atoms with Crippen LogP contribution in [0.2, 0.25) is 5.02 Å². The Morgan fingerprint density at radius 2 is 2.00 bits per heavy atom. The molecule has 2 aromatic rings. The number of ether oxygens (including phenoxy) is 2. The van der Waals surface area contributed by atoms with E-state index in [4.69, 9.17) is 21.1 Å². The molecular formula is C19H18ClNO5S. The van der Waals surface area contributed by atoms with Gasteiger partial charge in [-0.05, 0) is 37.1 Å². The maximum Gasteiger partial charge on any atom is 0.339 e. The van der Waals surface area contributed by atoms with Gasteiger partial charge in [-0.3, -0.25) is 0 Å². The largest absolute Gasteiger partial charge is 0.495 e. The zero-order valence-electron chi connectivity index (χ0n) is 14.6. The van der Waals surface area contributed by atoms with E-state index in [9.17, 15) is 13.2 Å². The highest BCUT2D eigenvalue weighted by Gasteiger charge is 2.50. The quantitative estimate of drug-likeness (QED) is 0.730. The van der Waals surface area contributed by atoms with Crippen molar-refractivity contribution < 1.29 is 22.7 Å². The molecule has 1 unspecified atom stereocenters. The molecule has 27 heavy (non-hydrogen) atoms. The summed E-state index contributed by atoms with van der Waals surface area (Å²) in [6.45, 7) is 0.396. The van der Waals surface area contributed by atoms with Crippen molar-refractivity contribution in [2.75, 3.05) is 20.2 Å². The van der Waals surface area contributed by atoms with E-state index in [0.717, 1.165) is 5.56 Å². The fourth-order valence-electron chi connectivity index (χ4n) is 3.83. The number of carbonyl (C=O) groups is 1. The Morgan fingerprint density at radius 3 is 2.78 bits per heavy atom. The van der Waals surface area contributed by atoms with E-state index >= 15 is 0 Å². The van der Waals surface area contributed by atoms with Crippen molar-refractivity contribution in [3.05, 3.63) is 58.6 Å². The average Bonchev–Trinajstić information content (AvgIpc) is 2.93. The van der Waals surface area contributed by atoms with Crippen LogP contribution in [-0.4, -0.2) is 38.9 Å². The second-order valence-corrected chi connectivity index (χ2v) is 9.01. The maximum atomic E-state index is 13.3. The van der Waals surface area contributed by atoms with E-state index in [2.05, 4.69) is 0 Å². The van der Waals surface area contributed by atoms with Gasteiger partial charge in [0, 0.05) is 17.1 Å². The van der Waals surface area contributed by atoms with Gasteiger partial charge in [-0.2, -0.15) is 4.31 Å². The lowest BCUT2D eigenvalue weighted by Crippen LogP contribution is -2.48. The van der Waals surface area contributed by atoms with Gasteiger partial charge in [-0.15, -0.1) is 0 Å². The van der Waals surface area contributed by atoms with Crippen LogP contribution in [0.3, 0.4) is 0 Å². The molecule has 2 aliphatic heterocycles. The molecule has 2 aliphatic rings. The summed E-state index contributed by atoms with van der Waals surface area (Å²) in [5.74, 6) is -0.187. The second kappa shape index (κ2) is 6.51. The number of hydrogen-bond acceptors (Lipinski definition) is 5. The van der Waals surface area contributed by atoms with Gasteiger partial charge in [0.25, 0.3) is 0 Å². The van der Waals surface area contributed by atoms with Crippen LogP contribution in [-0.2, 0) is 20.4 Å². The Morgan fingerprint density at radius 1 is 1.22 bits per heavy atom. The van der Waals surface area contributed by atoms with Crippen molar-refractivity contribution in [2.45, 2.75) is 23.3 Å². The Kier molecular flexibility index (Phi) is 4.41. The molecule has 0 bridgehead atoms. The molecule has 4 rings (SSSR count). The van der Waals surface area contributed by atoms with Crippen LogP contribution < -0.4 is 4.74 Å². The fraction of sp³-hybridized carbons (Fsp3) is 0.316. The van der Waals surface area contributed by atoms with E-state index in [-0.39, 0.29) is 17.2 Å². The number of methoxy groups -OCH3 is 1. The first-order valence-corrected chi connectivity index (χ1v) is 10.4. The lowest BCUT2D eigenvalue weighted by Gasteiger charge is -2.38. The summed E-state index contributed by atoms with van der Waals surface area (Å²) in [5, 5.41) is 0.304. The van der Waals surface area contributed by atoms with Crippen LogP contribution in [0.4, 0.5) is 0 Å². The number of fused-ring (bicyclic) bond motifs is 2. The summed E-state index contributed by atoms with van der Waals surface area (Å²) in [7, 11) is -2.47. The molecule has 0 aliphatic carbocycles. The molecule has 0 radical (unpaired) electrons. The monoisotopic (exact) mass is 407 g/mol. The summed E-state index contributed by atoms with van der Waals surface area (Å²) in [5.41, 5.74) is 0.287. The minimum atomic E-state index is -3.88. The van der Waals surface area contributed by atoms with E-state index in [1.165, 1.54) is 23.5 Å². The second-order valence-electron chi connectivity index (χ2n) is 6.67. The van der Waals surface area contributed by atoms with Crippen LogP contribution in [0, 0.1) is 0 Å². The molecule has 0 aromatic heterocycles. The average molecular weight is 408 g/mol. The van der Waals surface area contributed by atoms with Gasteiger partial charge >= 0.3 is 5.97 Å². The molecule has 0 saturated carbocycles. The van der Waals surface area contributed by atoms with Gasteiger partial charge in [0.2, 0.25) is 10.0 Å². The van der Waals surface area contributed by atoms with Gasteiger partial charge < -0.3 is 9.47 Å². The van der Waals surface area contributed by atoms with Crippen molar-refractivity contribution in [1.82, 2.24) is 4.31 Å². The molecule has 1 saturated heterocycles. The normalized spacial score (nSPS) is 22.5. The summed E-state index contributed by atoms with van der Waals surface area (Å²) in [6, 6.07) is 11.6. The molecule has 2 aromatic carbocycles. The van der Waals surface area contributed by atoms with Crippen LogP contribution in [0.15, 0.2) is 47.4 Å². The van der Waals surface area contributed by atoms with Crippen molar-refractivity contribution in [1.29, 1.82) is 0 Å². The van der Waals surface area contributed by atoms with Crippen molar-refractivity contribution in [3.63, 3.8) is 0 Å². The Hall–Kier alpha value is -2.09. The molecule has 1 fully saturated rings. The van der Waals surface area contributed by atoms with E-state index < -0.39 is 21.6 Å². The number of sulfonamides is 1. The number of hydrogen-bond donors (Lipinski definition) is 0. The molecule has 0 amide bonds. The van der Waals surface area contributed by atoms with Crippen LogP contribution in [0.1, 0.15) is 28.8 Å². The van der Waals surface area contributed by atoms with E-state index in [1.807, 2.05) is 12.1 Å². The zero-order valence-corrected chi connectivity index (χ0v) is 16.2. The zero-order chi connectivity index (χ0) is 19.2. The highest BCUT2D eigenvalue weighted by atomic mass is 35.5. The van der Waals surface area contributed by atoms with Gasteiger partial charge in [0.05, 0.1) is 19.2 Å². The minimum Gasteiger partial charge on any atom is -0.495 e. The molecule has 6 nitrogen and oxygen atoms in total.